The molecule has 0 radical (unpaired) electrons. The lowest BCUT2D eigenvalue weighted by atomic mass is 10.0. The van der Waals surface area contributed by atoms with Crippen LogP contribution in [0.5, 0.6) is 11.5 Å². The summed E-state index contributed by atoms with van der Waals surface area (Å²) in [5, 5.41) is 9.85. The van der Waals surface area contributed by atoms with Crippen LogP contribution in [0.3, 0.4) is 0 Å². The molecule has 2 rings (SSSR count). The highest BCUT2D eigenvalue weighted by Gasteiger charge is 2.19. The normalized spacial score (nSPS) is 9.93. The van der Waals surface area contributed by atoms with Crippen molar-refractivity contribution in [3.8, 4) is 41.2 Å². The van der Waals surface area contributed by atoms with Crippen molar-refractivity contribution < 1.29 is 9.47 Å². The van der Waals surface area contributed by atoms with E-state index in [1.54, 1.807) is 18.4 Å². The Hall–Kier alpha value is -3.16. The summed E-state index contributed by atoms with van der Waals surface area (Å²) in [5.74, 6) is 3.43. The van der Waals surface area contributed by atoms with Crippen molar-refractivity contribution in [3.05, 3.63) is 46.3 Å². The van der Waals surface area contributed by atoms with Gasteiger partial charge in [-0.3, -0.25) is 4.79 Å². The van der Waals surface area contributed by atoms with Gasteiger partial charge in [0.15, 0.2) is 16.7 Å². The van der Waals surface area contributed by atoms with Crippen LogP contribution in [0, 0.1) is 23.7 Å². The van der Waals surface area contributed by atoms with Crippen molar-refractivity contribution >= 4 is 11.8 Å². The molecule has 0 saturated heterocycles. The number of H-pyrrole nitrogens is 1. The third kappa shape index (κ3) is 4.52. The number of aromatic nitrogens is 2. The Morgan fingerprint density at radius 2 is 2.22 bits per heavy atom. The fourth-order valence-electron chi connectivity index (χ4n) is 2.51. The Morgan fingerprint density at radius 3 is 2.81 bits per heavy atom. The lowest BCUT2D eigenvalue weighted by Gasteiger charge is -2.16. The molecule has 1 heterocycles. The van der Waals surface area contributed by atoms with E-state index in [1.165, 1.54) is 11.8 Å². The van der Waals surface area contributed by atoms with Gasteiger partial charge in [0, 0.05) is 11.1 Å². The monoisotopic (exact) mass is 381 g/mol. The number of ether oxygens (including phenoxy) is 2. The van der Waals surface area contributed by atoms with Crippen molar-refractivity contribution in [1.82, 2.24) is 9.97 Å². The molecular formula is C20H19N3O3S. The zero-order valence-electron chi connectivity index (χ0n) is 15.2. The third-order valence-electron chi connectivity index (χ3n) is 3.57. The Kier molecular flexibility index (Phi) is 7.10. The van der Waals surface area contributed by atoms with Crippen molar-refractivity contribution in [2.24, 2.45) is 0 Å². The van der Waals surface area contributed by atoms with E-state index in [2.05, 4.69) is 22.5 Å². The van der Waals surface area contributed by atoms with Gasteiger partial charge in [0.2, 0.25) is 0 Å². The molecule has 0 unspecified atom stereocenters. The summed E-state index contributed by atoms with van der Waals surface area (Å²) >= 11 is 1.28. The highest BCUT2D eigenvalue weighted by molar-refractivity contribution is 7.98. The van der Waals surface area contributed by atoms with Crippen LogP contribution in [-0.2, 0) is 6.42 Å². The van der Waals surface area contributed by atoms with E-state index in [0.29, 0.717) is 40.9 Å². The van der Waals surface area contributed by atoms with Gasteiger partial charge in [0.05, 0.1) is 12.3 Å². The number of aromatic amines is 1. The second-order valence-corrected chi connectivity index (χ2v) is 6.09. The molecule has 0 saturated carbocycles. The van der Waals surface area contributed by atoms with Gasteiger partial charge in [0.1, 0.15) is 18.2 Å². The van der Waals surface area contributed by atoms with Gasteiger partial charge < -0.3 is 14.5 Å². The number of hydrogen-bond acceptors (Lipinski definition) is 6. The van der Waals surface area contributed by atoms with Crippen LogP contribution in [0.25, 0.3) is 11.3 Å². The first-order valence-electron chi connectivity index (χ1n) is 8.15. The molecule has 0 atom stereocenters. The molecule has 0 spiro atoms. The minimum Gasteiger partial charge on any atom is -0.490 e. The van der Waals surface area contributed by atoms with E-state index in [9.17, 15) is 10.1 Å². The standard InChI is InChI=1S/C20H19N3O3S/c1-5-8-13-10-14(11-16(25-7-3)18(13)26-9-6-2)17-15(12-21)19(24)23-20(22-17)27-4/h2,5,10-11H,1,7-9H2,3-4H3,(H,22,23,24). The summed E-state index contributed by atoms with van der Waals surface area (Å²) in [7, 11) is 0. The number of thioether (sulfide) groups is 1. The molecule has 1 aromatic carbocycles. The summed E-state index contributed by atoms with van der Waals surface area (Å²) in [6.45, 7) is 6.12. The topological polar surface area (TPSA) is 88.0 Å². The molecule has 0 amide bonds. The average molecular weight is 381 g/mol. The summed E-state index contributed by atoms with van der Waals surface area (Å²) < 4.78 is 11.4. The first kappa shape index (κ1) is 20.2. The van der Waals surface area contributed by atoms with Crippen LogP contribution < -0.4 is 15.0 Å². The van der Waals surface area contributed by atoms with Gasteiger partial charge in [-0.2, -0.15) is 5.26 Å². The maximum absolute atomic E-state index is 12.2. The molecule has 0 bridgehead atoms. The van der Waals surface area contributed by atoms with Crippen molar-refractivity contribution in [2.75, 3.05) is 19.5 Å². The molecule has 138 valence electrons. The van der Waals surface area contributed by atoms with Crippen LogP contribution >= 0.6 is 11.8 Å². The number of rotatable bonds is 8. The second kappa shape index (κ2) is 9.51. The molecule has 1 aromatic heterocycles. The molecule has 27 heavy (non-hydrogen) atoms. The minimum absolute atomic E-state index is 0.0582. The van der Waals surface area contributed by atoms with Gasteiger partial charge in [-0.1, -0.05) is 23.8 Å². The van der Waals surface area contributed by atoms with Gasteiger partial charge in [-0.25, -0.2) is 4.98 Å². The minimum atomic E-state index is -0.484. The molecule has 1 N–H and O–H groups in total. The van der Waals surface area contributed by atoms with E-state index in [1.807, 2.05) is 19.1 Å². The third-order valence-corrected chi connectivity index (χ3v) is 4.15. The maximum Gasteiger partial charge on any atom is 0.270 e. The van der Waals surface area contributed by atoms with E-state index < -0.39 is 5.56 Å². The van der Waals surface area contributed by atoms with Crippen LogP contribution in [0.2, 0.25) is 0 Å². The SMILES string of the molecule is C#CCOc1c(CC=C)cc(-c2nc(SC)[nH]c(=O)c2C#N)cc1OCC. The first-order chi connectivity index (χ1) is 13.1. The van der Waals surface area contributed by atoms with Crippen molar-refractivity contribution in [2.45, 2.75) is 18.5 Å². The van der Waals surface area contributed by atoms with E-state index in [0.717, 1.165) is 5.56 Å². The van der Waals surface area contributed by atoms with Gasteiger partial charge in [-0.15, -0.1) is 13.0 Å². The number of terminal acetylenes is 1. The zero-order chi connectivity index (χ0) is 19.8. The fourth-order valence-corrected chi connectivity index (χ4v) is 2.88. The van der Waals surface area contributed by atoms with Gasteiger partial charge in [-0.05, 0) is 31.7 Å². The van der Waals surface area contributed by atoms with Crippen molar-refractivity contribution in [3.63, 3.8) is 0 Å². The highest BCUT2D eigenvalue weighted by Crippen LogP contribution is 2.37. The first-order valence-corrected chi connectivity index (χ1v) is 9.37. The van der Waals surface area contributed by atoms with E-state index >= 15 is 0 Å². The largest absolute Gasteiger partial charge is 0.490 e. The number of hydrogen-bond donors (Lipinski definition) is 1. The molecule has 7 heteroatoms. The van der Waals surface area contributed by atoms with Crippen molar-refractivity contribution in [1.29, 1.82) is 5.26 Å². The zero-order valence-corrected chi connectivity index (χ0v) is 16.0. The molecule has 0 aliphatic heterocycles. The quantitative estimate of drug-likeness (QED) is 0.327. The number of benzene rings is 1. The number of nitrogens with zero attached hydrogens (tertiary/aromatic N) is 2. The summed E-state index contributed by atoms with van der Waals surface area (Å²) in [5.41, 5.74) is 1.11. The predicted molar refractivity (Wildman–Crippen MR) is 106 cm³/mol. The van der Waals surface area contributed by atoms with E-state index in [-0.39, 0.29) is 12.2 Å². The van der Waals surface area contributed by atoms with Crippen LogP contribution in [0.1, 0.15) is 18.1 Å². The molecule has 0 fully saturated rings. The smallest absolute Gasteiger partial charge is 0.270 e. The van der Waals surface area contributed by atoms with Gasteiger partial charge >= 0.3 is 0 Å². The fraction of sp³-hybridized carbons (Fsp3) is 0.250. The summed E-state index contributed by atoms with van der Waals surface area (Å²) in [6, 6.07) is 5.44. The Labute approximate surface area is 162 Å². The number of nitrogens with one attached hydrogen (secondary N) is 1. The number of nitriles is 1. The summed E-state index contributed by atoms with van der Waals surface area (Å²) in [6.07, 6.45) is 9.32. The highest BCUT2D eigenvalue weighted by atomic mass is 32.2. The maximum atomic E-state index is 12.2. The molecule has 2 aromatic rings. The van der Waals surface area contributed by atoms with Crippen LogP contribution in [0.4, 0.5) is 0 Å². The lowest BCUT2D eigenvalue weighted by Crippen LogP contribution is -2.15. The van der Waals surface area contributed by atoms with Gasteiger partial charge in [0.25, 0.3) is 5.56 Å². The lowest BCUT2D eigenvalue weighted by molar-refractivity contribution is 0.297. The Morgan fingerprint density at radius 1 is 1.44 bits per heavy atom. The number of allylic oxidation sites excluding steroid dienone is 1. The molecular weight excluding hydrogens is 362 g/mol. The average Bonchev–Trinajstić information content (AvgIpc) is 2.67. The van der Waals surface area contributed by atoms with Crippen LogP contribution in [0.15, 0.2) is 34.7 Å². The summed E-state index contributed by atoms with van der Waals surface area (Å²) in [4.78, 5) is 19.2. The molecule has 0 aliphatic rings. The Balaban J connectivity index is 2.76. The Bertz CT molecular complexity index is 984. The molecule has 0 aliphatic carbocycles. The molecule has 6 nitrogen and oxygen atoms in total. The second-order valence-electron chi connectivity index (χ2n) is 5.29. The van der Waals surface area contributed by atoms with E-state index in [4.69, 9.17) is 15.9 Å². The van der Waals surface area contributed by atoms with Crippen LogP contribution in [-0.4, -0.2) is 29.4 Å². The predicted octanol–water partition coefficient (Wildman–Crippen LogP) is 3.17.